The average Bonchev–Trinajstić information content (AvgIpc) is 3.38. The SMILES string of the molecule is CC(C)(C)c1ccc(O[C@@H](Cc2ccc(OCCN[C@H]3C4CN(C(=O)c5ccc(F)cc5F)C[C@@H]43)cc2)C(=O)O)cc1.Cl. The Bertz CT molecular complexity index is 1420. The lowest BCUT2D eigenvalue weighted by Gasteiger charge is -2.20. The van der Waals surface area contributed by atoms with Crippen LogP contribution < -0.4 is 14.8 Å². The Morgan fingerprint density at radius 3 is 2.19 bits per heavy atom. The number of piperidine rings is 1. The first-order chi connectivity index (χ1) is 20.0. The van der Waals surface area contributed by atoms with Gasteiger partial charge in [0.25, 0.3) is 5.91 Å². The molecule has 0 spiro atoms. The molecule has 0 bridgehead atoms. The Morgan fingerprint density at radius 2 is 1.60 bits per heavy atom. The van der Waals surface area contributed by atoms with Gasteiger partial charge in [-0.05, 0) is 64.8 Å². The molecule has 3 aromatic carbocycles. The van der Waals surface area contributed by atoms with E-state index in [4.69, 9.17) is 9.47 Å². The molecule has 10 heteroatoms. The molecular formula is C33H37ClF2N2O5. The number of hydrogen-bond donors (Lipinski definition) is 2. The van der Waals surface area contributed by atoms with Crippen molar-refractivity contribution in [2.24, 2.45) is 11.8 Å². The number of carboxylic acid groups (broad SMARTS) is 1. The van der Waals surface area contributed by atoms with Crippen molar-refractivity contribution >= 4 is 24.3 Å². The first-order valence-electron chi connectivity index (χ1n) is 14.2. The summed E-state index contributed by atoms with van der Waals surface area (Å²) in [5.74, 6) is -1.13. The minimum atomic E-state index is -1.03. The molecule has 1 aliphatic heterocycles. The highest BCUT2D eigenvalue weighted by Gasteiger charge is 2.56. The Hall–Kier alpha value is -3.69. The lowest BCUT2D eigenvalue weighted by Crippen LogP contribution is -2.36. The zero-order chi connectivity index (χ0) is 30.0. The maximum atomic E-state index is 14.0. The number of carbonyl (C=O) groups is 2. The number of fused-ring (bicyclic) bond motifs is 1. The van der Waals surface area contributed by atoms with E-state index < -0.39 is 29.6 Å². The standard InChI is InChI=1S/C33H36F2N2O5.ClH/c1-33(2,3)21-6-11-24(12-7-21)42-29(32(39)40)16-20-4-9-23(10-5-20)41-15-14-36-30-26-18-37(19-27(26)30)31(38)25-13-8-22(34)17-28(25)35;/h4-13,17,26-27,29-30,36H,14-16,18-19H2,1-3H3,(H,39,40);1H/t26-,27?,29-,30+;/m0./s1. The van der Waals surface area contributed by atoms with Gasteiger partial charge in [-0.25, -0.2) is 13.6 Å². The molecule has 1 unspecified atom stereocenters. The topological polar surface area (TPSA) is 88.1 Å². The molecule has 7 nitrogen and oxygen atoms in total. The quantitative estimate of drug-likeness (QED) is 0.278. The molecule has 2 N–H and O–H groups in total. The molecule has 1 aliphatic carbocycles. The van der Waals surface area contributed by atoms with E-state index in [1.807, 2.05) is 36.4 Å². The van der Waals surface area contributed by atoms with Gasteiger partial charge in [0.05, 0.1) is 5.56 Å². The van der Waals surface area contributed by atoms with Crippen molar-refractivity contribution in [3.63, 3.8) is 0 Å². The zero-order valence-electron chi connectivity index (χ0n) is 24.4. The summed E-state index contributed by atoms with van der Waals surface area (Å²) >= 11 is 0. The molecule has 1 heterocycles. The van der Waals surface area contributed by atoms with Crippen LogP contribution in [0.15, 0.2) is 66.7 Å². The number of hydrogen-bond acceptors (Lipinski definition) is 5. The van der Waals surface area contributed by atoms with Crippen LogP contribution in [-0.4, -0.2) is 60.3 Å². The minimum absolute atomic E-state index is 0. The van der Waals surface area contributed by atoms with Crippen LogP contribution in [0.1, 0.15) is 42.3 Å². The van der Waals surface area contributed by atoms with Crippen molar-refractivity contribution in [3.05, 3.63) is 95.1 Å². The number of amides is 1. The summed E-state index contributed by atoms with van der Waals surface area (Å²) in [6.07, 6.45) is -0.795. The fourth-order valence-corrected chi connectivity index (χ4v) is 5.54. The molecule has 4 atom stereocenters. The van der Waals surface area contributed by atoms with E-state index >= 15 is 0 Å². The van der Waals surface area contributed by atoms with E-state index in [0.29, 0.717) is 49.6 Å². The molecule has 5 rings (SSSR count). The van der Waals surface area contributed by atoms with Crippen molar-refractivity contribution in [2.45, 2.75) is 44.8 Å². The van der Waals surface area contributed by atoms with Crippen LogP contribution in [0.5, 0.6) is 11.5 Å². The van der Waals surface area contributed by atoms with Gasteiger partial charge < -0.3 is 24.8 Å². The van der Waals surface area contributed by atoms with Crippen LogP contribution in [0.25, 0.3) is 0 Å². The summed E-state index contributed by atoms with van der Waals surface area (Å²) in [5.41, 5.74) is 1.87. The molecule has 0 aromatic heterocycles. The normalized spacial score (nSPS) is 19.7. The van der Waals surface area contributed by atoms with Crippen LogP contribution in [0.2, 0.25) is 0 Å². The van der Waals surface area contributed by atoms with Gasteiger partial charge in [0.1, 0.15) is 29.7 Å². The number of rotatable bonds is 11. The fraction of sp³-hybridized carbons (Fsp3) is 0.394. The second-order valence-corrected chi connectivity index (χ2v) is 12.1. The molecule has 230 valence electrons. The first kappa shape index (κ1) is 32.2. The van der Waals surface area contributed by atoms with Crippen LogP contribution in [0, 0.1) is 23.5 Å². The monoisotopic (exact) mass is 614 g/mol. The molecule has 1 amide bonds. The molecular weight excluding hydrogens is 578 g/mol. The van der Waals surface area contributed by atoms with Gasteiger partial charge in [-0.1, -0.05) is 45.0 Å². The number of nitrogens with zero attached hydrogens (tertiary/aromatic N) is 1. The summed E-state index contributed by atoms with van der Waals surface area (Å²) in [7, 11) is 0. The number of benzene rings is 3. The van der Waals surface area contributed by atoms with E-state index in [9.17, 15) is 23.5 Å². The molecule has 0 radical (unpaired) electrons. The summed E-state index contributed by atoms with van der Waals surface area (Å²) in [5, 5.41) is 13.2. The Labute approximate surface area is 256 Å². The van der Waals surface area contributed by atoms with Crippen LogP contribution in [0.3, 0.4) is 0 Å². The summed E-state index contributed by atoms with van der Waals surface area (Å²) < 4.78 is 38.7. The maximum absolute atomic E-state index is 14.0. The average molecular weight is 615 g/mol. The number of ether oxygens (including phenoxy) is 2. The van der Waals surface area contributed by atoms with Crippen molar-refractivity contribution in [1.29, 1.82) is 0 Å². The predicted octanol–water partition coefficient (Wildman–Crippen LogP) is 5.50. The lowest BCUT2D eigenvalue weighted by molar-refractivity contribution is -0.145. The Balaban J connectivity index is 0.00000423. The van der Waals surface area contributed by atoms with Crippen molar-refractivity contribution in [3.8, 4) is 11.5 Å². The van der Waals surface area contributed by atoms with Crippen molar-refractivity contribution < 1.29 is 33.0 Å². The second kappa shape index (κ2) is 13.3. The molecule has 1 saturated carbocycles. The number of carbonyl (C=O) groups excluding carboxylic acids is 1. The van der Waals surface area contributed by atoms with Crippen LogP contribution in [-0.2, 0) is 16.6 Å². The zero-order valence-corrected chi connectivity index (χ0v) is 25.2. The number of halogens is 3. The van der Waals surface area contributed by atoms with Crippen molar-refractivity contribution in [1.82, 2.24) is 10.2 Å². The third kappa shape index (κ3) is 7.83. The molecule has 2 aliphatic rings. The maximum Gasteiger partial charge on any atom is 0.345 e. The van der Waals surface area contributed by atoms with Gasteiger partial charge in [0.15, 0.2) is 6.10 Å². The summed E-state index contributed by atoms with van der Waals surface area (Å²) in [6.45, 7) is 8.52. The van der Waals surface area contributed by atoms with E-state index in [-0.39, 0.29) is 35.8 Å². The van der Waals surface area contributed by atoms with Crippen LogP contribution in [0.4, 0.5) is 8.78 Å². The Kier molecular flexibility index (Phi) is 9.97. The van der Waals surface area contributed by atoms with Gasteiger partial charge in [-0.2, -0.15) is 0 Å². The second-order valence-electron chi connectivity index (χ2n) is 12.1. The molecule has 3 aromatic rings. The van der Waals surface area contributed by atoms with Gasteiger partial charge in [-0.15, -0.1) is 12.4 Å². The smallest absolute Gasteiger partial charge is 0.345 e. The largest absolute Gasteiger partial charge is 0.492 e. The fourth-order valence-electron chi connectivity index (χ4n) is 5.54. The number of aliphatic carboxylic acids is 1. The first-order valence-corrected chi connectivity index (χ1v) is 14.2. The van der Waals surface area contributed by atoms with Gasteiger partial charge >= 0.3 is 5.97 Å². The molecule has 1 saturated heterocycles. The number of nitrogens with one attached hydrogen (secondary N) is 1. The van der Waals surface area contributed by atoms with E-state index in [1.165, 1.54) is 6.07 Å². The summed E-state index contributed by atoms with van der Waals surface area (Å²) in [6, 6.07) is 18.2. The lowest BCUT2D eigenvalue weighted by atomic mass is 9.87. The summed E-state index contributed by atoms with van der Waals surface area (Å²) in [4.78, 5) is 26.1. The highest BCUT2D eigenvalue weighted by molar-refractivity contribution is 5.94. The Morgan fingerprint density at radius 1 is 0.977 bits per heavy atom. The number of likely N-dealkylation sites (tertiary alicyclic amines) is 1. The van der Waals surface area contributed by atoms with E-state index in [0.717, 1.165) is 23.3 Å². The van der Waals surface area contributed by atoms with Gasteiger partial charge in [0, 0.05) is 38.2 Å². The van der Waals surface area contributed by atoms with Crippen LogP contribution >= 0.6 is 12.4 Å². The predicted molar refractivity (Wildman–Crippen MR) is 161 cm³/mol. The van der Waals surface area contributed by atoms with Gasteiger partial charge in [-0.3, -0.25) is 4.79 Å². The third-order valence-electron chi connectivity index (χ3n) is 8.01. The highest BCUT2D eigenvalue weighted by Crippen LogP contribution is 2.45. The highest BCUT2D eigenvalue weighted by atomic mass is 35.5. The minimum Gasteiger partial charge on any atom is -0.492 e. The number of carboxylic acids is 1. The molecule has 2 fully saturated rings. The van der Waals surface area contributed by atoms with E-state index in [1.54, 1.807) is 17.0 Å². The van der Waals surface area contributed by atoms with E-state index in [2.05, 4.69) is 26.1 Å². The van der Waals surface area contributed by atoms with Crippen molar-refractivity contribution in [2.75, 3.05) is 26.2 Å². The third-order valence-corrected chi connectivity index (χ3v) is 8.01. The molecule has 43 heavy (non-hydrogen) atoms. The van der Waals surface area contributed by atoms with Gasteiger partial charge in [0.2, 0.25) is 0 Å².